The minimum atomic E-state index is 0.737. The summed E-state index contributed by atoms with van der Waals surface area (Å²) in [6, 6.07) is 8.59. The van der Waals surface area contributed by atoms with E-state index >= 15 is 0 Å². The van der Waals surface area contributed by atoms with Crippen molar-refractivity contribution in [3.8, 4) is 0 Å². The van der Waals surface area contributed by atoms with Crippen molar-refractivity contribution in [1.29, 1.82) is 0 Å². The van der Waals surface area contributed by atoms with Crippen LogP contribution in [0.25, 0.3) is 0 Å². The molecule has 0 atom stereocenters. The van der Waals surface area contributed by atoms with E-state index in [2.05, 4.69) is 65.6 Å². The number of aliphatic imine (C=N–C) groups is 1. The molecule has 1 aromatic carbocycles. The van der Waals surface area contributed by atoms with E-state index < -0.39 is 0 Å². The van der Waals surface area contributed by atoms with Crippen LogP contribution in [0.2, 0.25) is 0 Å². The number of likely N-dealkylation sites (N-methyl/N-ethyl adjacent to an activating group) is 1. The number of guanidine groups is 1. The molecule has 0 saturated carbocycles. The predicted molar refractivity (Wildman–Crippen MR) is 112 cm³/mol. The second kappa shape index (κ2) is 11.9. The molecule has 0 aromatic heterocycles. The monoisotopic (exact) mass is 359 g/mol. The molecule has 1 aliphatic heterocycles. The molecular weight excluding hydrogens is 322 g/mol. The van der Waals surface area contributed by atoms with Crippen LogP contribution in [0.15, 0.2) is 29.3 Å². The molecule has 146 valence electrons. The number of rotatable bonds is 9. The summed E-state index contributed by atoms with van der Waals surface area (Å²) in [4.78, 5) is 9.76. The highest BCUT2D eigenvalue weighted by atomic mass is 15.2. The third kappa shape index (κ3) is 7.34. The lowest BCUT2D eigenvalue weighted by Gasteiger charge is -2.32. The highest BCUT2D eigenvalue weighted by Crippen LogP contribution is 2.10. The minimum absolute atomic E-state index is 0.737. The fourth-order valence-electron chi connectivity index (χ4n) is 3.30. The normalized spacial score (nSPS) is 16.7. The number of aryl methyl sites for hydroxylation is 1. The van der Waals surface area contributed by atoms with E-state index in [1.54, 1.807) is 0 Å². The minimum Gasteiger partial charge on any atom is -0.357 e. The maximum Gasteiger partial charge on any atom is 0.191 e. The van der Waals surface area contributed by atoms with Gasteiger partial charge < -0.3 is 20.4 Å². The molecule has 1 heterocycles. The molecule has 0 radical (unpaired) electrons. The van der Waals surface area contributed by atoms with Crippen molar-refractivity contribution < 1.29 is 0 Å². The van der Waals surface area contributed by atoms with Gasteiger partial charge in [-0.05, 0) is 50.9 Å². The quantitative estimate of drug-likeness (QED) is 0.403. The lowest BCUT2D eigenvalue weighted by atomic mass is 10.1. The fourth-order valence-corrected chi connectivity index (χ4v) is 3.30. The Morgan fingerprint density at radius 2 is 1.73 bits per heavy atom. The van der Waals surface area contributed by atoms with Crippen molar-refractivity contribution in [3.63, 3.8) is 0 Å². The Labute approximate surface area is 159 Å². The zero-order chi connectivity index (χ0) is 18.6. The molecule has 0 aliphatic carbocycles. The number of piperazine rings is 1. The van der Waals surface area contributed by atoms with E-state index in [0.717, 1.165) is 32.0 Å². The van der Waals surface area contributed by atoms with E-state index in [9.17, 15) is 0 Å². The van der Waals surface area contributed by atoms with Crippen LogP contribution in [0.1, 0.15) is 37.8 Å². The average molecular weight is 360 g/mol. The molecule has 1 aromatic rings. The van der Waals surface area contributed by atoms with Gasteiger partial charge in [-0.25, -0.2) is 4.99 Å². The lowest BCUT2D eigenvalue weighted by molar-refractivity contribution is 0.152. The van der Waals surface area contributed by atoms with Gasteiger partial charge in [-0.15, -0.1) is 0 Å². The number of hydrogen-bond acceptors (Lipinski definition) is 3. The predicted octanol–water partition coefficient (Wildman–Crippen LogP) is 2.33. The number of nitrogens with zero attached hydrogens (tertiary/aromatic N) is 3. The molecule has 0 spiro atoms. The summed E-state index contributed by atoms with van der Waals surface area (Å²) < 4.78 is 0. The van der Waals surface area contributed by atoms with Crippen molar-refractivity contribution in [2.24, 2.45) is 4.99 Å². The van der Waals surface area contributed by atoms with Gasteiger partial charge in [0.15, 0.2) is 5.96 Å². The zero-order valence-electron chi connectivity index (χ0n) is 16.9. The number of benzene rings is 1. The Kier molecular flexibility index (Phi) is 9.50. The third-order valence-electron chi connectivity index (χ3n) is 5.04. The average Bonchev–Trinajstić information content (AvgIpc) is 2.67. The van der Waals surface area contributed by atoms with Crippen molar-refractivity contribution in [2.75, 3.05) is 52.9 Å². The molecule has 0 bridgehead atoms. The summed E-state index contributed by atoms with van der Waals surface area (Å²) in [5, 5.41) is 6.84. The largest absolute Gasteiger partial charge is 0.357 e. The summed E-state index contributed by atoms with van der Waals surface area (Å²) in [5.41, 5.74) is 2.71. The Morgan fingerprint density at radius 1 is 1.00 bits per heavy atom. The van der Waals surface area contributed by atoms with Gasteiger partial charge in [-0.1, -0.05) is 31.2 Å². The number of hydrogen-bond donors (Lipinski definition) is 2. The molecule has 1 saturated heterocycles. The molecule has 1 aliphatic rings. The molecule has 2 rings (SSSR count). The Hall–Kier alpha value is -1.59. The van der Waals surface area contributed by atoms with E-state index in [-0.39, 0.29) is 0 Å². The molecule has 5 heteroatoms. The van der Waals surface area contributed by atoms with Gasteiger partial charge in [0.05, 0.1) is 6.54 Å². The Morgan fingerprint density at radius 3 is 2.42 bits per heavy atom. The van der Waals surface area contributed by atoms with Gasteiger partial charge in [0.1, 0.15) is 0 Å². The van der Waals surface area contributed by atoms with E-state index in [0.29, 0.717) is 0 Å². The van der Waals surface area contributed by atoms with Gasteiger partial charge in [0.25, 0.3) is 0 Å². The second-order valence-corrected chi connectivity index (χ2v) is 7.10. The first-order chi connectivity index (χ1) is 12.7. The summed E-state index contributed by atoms with van der Waals surface area (Å²) in [6.07, 6.45) is 3.49. The number of unbranched alkanes of at least 4 members (excludes halogenated alkanes) is 1. The highest BCUT2D eigenvalue weighted by Gasteiger charge is 2.12. The van der Waals surface area contributed by atoms with Crippen molar-refractivity contribution in [1.82, 2.24) is 20.4 Å². The van der Waals surface area contributed by atoms with Crippen molar-refractivity contribution in [2.45, 2.75) is 39.7 Å². The van der Waals surface area contributed by atoms with Crippen molar-refractivity contribution >= 4 is 5.96 Å². The van der Waals surface area contributed by atoms with E-state index in [1.807, 2.05) is 0 Å². The standard InChI is InChI=1S/C21H37N5/c1-4-19-10-6-7-11-20(19)18-24-21(22-5-2)23-12-8-9-13-26-16-14-25(3)15-17-26/h6-7,10-11H,4-5,8-9,12-18H2,1-3H3,(H2,22,23,24). The van der Waals surface area contributed by atoms with Crippen LogP contribution in [-0.4, -0.2) is 68.6 Å². The topological polar surface area (TPSA) is 42.9 Å². The number of nitrogens with one attached hydrogen (secondary N) is 2. The molecule has 5 nitrogen and oxygen atoms in total. The molecular formula is C21H37N5. The Bertz CT molecular complexity index is 535. The van der Waals surface area contributed by atoms with Crippen molar-refractivity contribution in [3.05, 3.63) is 35.4 Å². The van der Waals surface area contributed by atoms with Crippen LogP contribution >= 0.6 is 0 Å². The van der Waals surface area contributed by atoms with Crippen LogP contribution in [0.5, 0.6) is 0 Å². The first kappa shape index (κ1) is 20.7. The Balaban J connectivity index is 1.70. The third-order valence-corrected chi connectivity index (χ3v) is 5.04. The van der Waals surface area contributed by atoms with E-state index in [4.69, 9.17) is 4.99 Å². The maximum absolute atomic E-state index is 4.77. The molecule has 2 N–H and O–H groups in total. The fraction of sp³-hybridized carbons (Fsp3) is 0.667. The van der Waals surface area contributed by atoms with Gasteiger partial charge in [-0.3, -0.25) is 0 Å². The first-order valence-corrected chi connectivity index (χ1v) is 10.2. The van der Waals surface area contributed by atoms with Crippen LogP contribution in [0, 0.1) is 0 Å². The van der Waals surface area contributed by atoms with Gasteiger partial charge in [0.2, 0.25) is 0 Å². The SMILES string of the molecule is CCNC(=NCc1ccccc1CC)NCCCCN1CCN(C)CC1. The second-order valence-electron chi connectivity index (χ2n) is 7.10. The van der Waals surface area contributed by atoms with E-state index in [1.165, 1.54) is 56.7 Å². The maximum atomic E-state index is 4.77. The van der Waals surface area contributed by atoms with Crippen LogP contribution in [0.4, 0.5) is 0 Å². The van der Waals surface area contributed by atoms with Crippen LogP contribution < -0.4 is 10.6 Å². The molecule has 1 fully saturated rings. The smallest absolute Gasteiger partial charge is 0.191 e. The highest BCUT2D eigenvalue weighted by molar-refractivity contribution is 5.79. The lowest BCUT2D eigenvalue weighted by Crippen LogP contribution is -2.44. The van der Waals surface area contributed by atoms with Gasteiger partial charge in [-0.2, -0.15) is 0 Å². The molecule has 0 unspecified atom stereocenters. The van der Waals surface area contributed by atoms with Gasteiger partial charge in [0, 0.05) is 39.3 Å². The van der Waals surface area contributed by atoms with Crippen LogP contribution in [0.3, 0.4) is 0 Å². The zero-order valence-corrected chi connectivity index (χ0v) is 16.9. The summed E-state index contributed by atoms with van der Waals surface area (Å²) in [7, 11) is 2.21. The molecule has 0 amide bonds. The summed E-state index contributed by atoms with van der Waals surface area (Å²) >= 11 is 0. The summed E-state index contributed by atoms with van der Waals surface area (Å²) in [5.74, 6) is 0.929. The molecule has 26 heavy (non-hydrogen) atoms. The van der Waals surface area contributed by atoms with Gasteiger partial charge >= 0.3 is 0 Å². The first-order valence-electron chi connectivity index (χ1n) is 10.2. The van der Waals surface area contributed by atoms with Crippen LogP contribution in [-0.2, 0) is 13.0 Å². The summed E-state index contributed by atoms with van der Waals surface area (Å²) in [6.45, 7) is 13.0.